The Hall–Kier alpha value is -0.910. The summed E-state index contributed by atoms with van der Waals surface area (Å²) in [6, 6.07) is 0. The van der Waals surface area contributed by atoms with E-state index in [4.69, 9.17) is 10.2 Å². The van der Waals surface area contributed by atoms with Gasteiger partial charge in [0.25, 0.3) is 0 Å². The fourth-order valence-corrected chi connectivity index (χ4v) is 2.20. The van der Waals surface area contributed by atoms with Gasteiger partial charge in [0.15, 0.2) is 0 Å². The molecule has 2 N–H and O–H groups in total. The molecule has 0 saturated carbocycles. The number of rotatable bonds is 8. The Labute approximate surface area is 109 Å². The first-order valence-electron chi connectivity index (χ1n) is 6.61. The molecule has 0 spiro atoms. The van der Waals surface area contributed by atoms with Crippen LogP contribution in [-0.4, -0.2) is 51.2 Å². The van der Waals surface area contributed by atoms with E-state index in [-0.39, 0.29) is 13.2 Å². The zero-order valence-electron chi connectivity index (χ0n) is 11.7. The summed E-state index contributed by atoms with van der Waals surface area (Å²) in [4.78, 5) is 2.16. The first-order valence-corrected chi connectivity index (χ1v) is 6.61. The molecule has 0 aliphatic heterocycles. The molecule has 1 aromatic heterocycles. The van der Waals surface area contributed by atoms with E-state index in [0.717, 1.165) is 31.7 Å². The van der Waals surface area contributed by atoms with Crippen LogP contribution in [0.2, 0.25) is 0 Å². The van der Waals surface area contributed by atoms with Crippen LogP contribution in [0.5, 0.6) is 0 Å². The molecule has 0 bridgehead atoms. The lowest BCUT2D eigenvalue weighted by Crippen LogP contribution is -2.28. The van der Waals surface area contributed by atoms with Gasteiger partial charge >= 0.3 is 0 Å². The van der Waals surface area contributed by atoms with Gasteiger partial charge in [-0.25, -0.2) is 0 Å². The lowest BCUT2D eigenvalue weighted by molar-refractivity contribution is 0.174. The van der Waals surface area contributed by atoms with Gasteiger partial charge in [0.05, 0.1) is 12.3 Å². The molecule has 104 valence electrons. The zero-order chi connectivity index (χ0) is 13.5. The van der Waals surface area contributed by atoms with Crippen LogP contribution in [0.1, 0.15) is 30.3 Å². The number of aromatic nitrogens is 2. The third-order valence-electron chi connectivity index (χ3n) is 3.26. The third-order valence-corrected chi connectivity index (χ3v) is 3.26. The van der Waals surface area contributed by atoms with E-state index in [2.05, 4.69) is 23.8 Å². The molecular formula is C13H25N3O2. The fraction of sp³-hybridized carbons (Fsp3) is 0.769. The van der Waals surface area contributed by atoms with Crippen molar-refractivity contribution in [2.75, 3.05) is 26.3 Å². The molecule has 1 heterocycles. The van der Waals surface area contributed by atoms with Gasteiger partial charge in [-0.2, -0.15) is 5.10 Å². The highest BCUT2D eigenvalue weighted by atomic mass is 16.3. The maximum atomic E-state index is 9.08. The molecule has 0 radical (unpaired) electrons. The maximum Gasteiger partial charge on any atom is 0.0641 e. The molecule has 5 heteroatoms. The Morgan fingerprint density at radius 1 is 1.17 bits per heavy atom. The van der Waals surface area contributed by atoms with E-state index in [0.29, 0.717) is 6.54 Å². The minimum Gasteiger partial charge on any atom is -0.396 e. The molecule has 0 unspecified atom stereocenters. The highest BCUT2D eigenvalue weighted by Crippen LogP contribution is 2.15. The molecule has 0 amide bonds. The number of hydrogen-bond donors (Lipinski definition) is 2. The van der Waals surface area contributed by atoms with Crippen molar-refractivity contribution in [3.63, 3.8) is 0 Å². The van der Waals surface area contributed by atoms with E-state index >= 15 is 0 Å². The predicted octanol–water partition coefficient (Wildman–Crippen LogP) is 0.697. The van der Waals surface area contributed by atoms with Gasteiger partial charge in [-0.3, -0.25) is 9.58 Å². The molecule has 0 fully saturated rings. The zero-order valence-corrected chi connectivity index (χ0v) is 11.7. The fourth-order valence-electron chi connectivity index (χ4n) is 2.20. The van der Waals surface area contributed by atoms with E-state index in [1.54, 1.807) is 0 Å². The SMILES string of the molecule is CCn1nc(C)c(CN(CCO)CCCO)c1C. The Morgan fingerprint density at radius 2 is 1.89 bits per heavy atom. The van der Waals surface area contributed by atoms with Crippen LogP contribution in [0.25, 0.3) is 0 Å². The van der Waals surface area contributed by atoms with Gasteiger partial charge < -0.3 is 10.2 Å². The van der Waals surface area contributed by atoms with E-state index in [1.807, 2.05) is 11.6 Å². The van der Waals surface area contributed by atoms with Crippen molar-refractivity contribution in [3.05, 3.63) is 17.0 Å². The van der Waals surface area contributed by atoms with Crippen molar-refractivity contribution < 1.29 is 10.2 Å². The lowest BCUT2D eigenvalue weighted by atomic mass is 10.2. The number of aryl methyl sites for hydroxylation is 2. The molecule has 0 aromatic carbocycles. The summed E-state index contributed by atoms with van der Waals surface area (Å²) in [6.45, 7) is 9.63. The van der Waals surface area contributed by atoms with Crippen molar-refractivity contribution in [3.8, 4) is 0 Å². The average molecular weight is 255 g/mol. The van der Waals surface area contributed by atoms with Crippen LogP contribution in [0, 0.1) is 13.8 Å². The second kappa shape index (κ2) is 7.51. The van der Waals surface area contributed by atoms with E-state index in [9.17, 15) is 0 Å². The Kier molecular flexibility index (Phi) is 6.32. The molecule has 0 aliphatic carbocycles. The summed E-state index contributed by atoms with van der Waals surface area (Å²) in [6.07, 6.45) is 0.736. The molecule has 0 atom stereocenters. The molecule has 5 nitrogen and oxygen atoms in total. The molecule has 1 rings (SSSR count). The average Bonchev–Trinajstić information content (AvgIpc) is 2.63. The molecule has 18 heavy (non-hydrogen) atoms. The number of hydrogen-bond acceptors (Lipinski definition) is 4. The first kappa shape index (κ1) is 15.1. The highest BCUT2D eigenvalue weighted by Gasteiger charge is 2.14. The number of nitrogens with zero attached hydrogens (tertiary/aromatic N) is 3. The summed E-state index contributed by atoms with van der Waals surface area (Å²) in [5.41, 5.74) is 3.49. The summed E-state index contributed by atoms with van der Waals surface area (Å²) >= 11 is 0. The van der Waals surface area contributed by atoms with Crippen molar-refractivity contribution in [2.45, 2.75) is 40.3 Å². The largest absolute Gasteiger partial charge is 0.396 e. The molecule has 1 aromatic rings. The van der Waals surface area contributed by atoms with Gasteiger partial charge in [-0.05, 0) is 27.2 Å². The summed E-state index contributed by atoms with van der Waals surface area (Å²) in [7, 11) is 0. The van der Waals surface area contributed by atoms with Gasteiger partial charge in [-0.15, -0.1) is 0 Å². The third kappa shape index (κ3) is 3.80. The second-order valence-corrected chi connectivity index (χ2v) is 4.54. The van der Waals surface area contributed by atoms with Crippen molar-refractivity contribution in [1.82, 2.24) is 14.7 Å². The van der Waals surface area contributed by atoms with E-state index < -0.39 is 0 Å². The minimum atomic E-state index is 0.144. The van der Waals surface area contributed by atoms with Crippen LogP contribution in [0.4, 0.5) is 0 Å². The second-order valence-electron chi connectivity index (χ2n) is 4.54. The van der Waals surface area contributed by atoms with Gasteiger partial charge in [0.1, 0.15) is 0 Å². The monoisotopic (exact) mass is 255 g/mol. The summed E-state index contributed by atoms with van der Waals surface area (Å²) in [5.74, 6) is 0. The quantitative estimate of drug-likeness (QED) is 0.718. The van der Waals surface area contributed by atoms with Crippen LogP contribution in [0.15, 0.2) is 0 Å². The standard InChI is InChI=1S/C13H25N3O2/c1-4-16-12(3)13(11(2)14-16)10-15(7-9-18)6-5-8-17/h17-18H,4-10H2,1-3H3. The number of aliphatic hydroxyl groups excluding tert-OH is 2. The van der Waals surface area contributed by atoms with Crippen molar-refractivity contribution in [2.24, 2.45) is 0 Å². The summed E-state index contributed by atoms with van der Waals surface area (Å²) in [5, 5.41) is 22.5. The maximum absolute atomic E-state index is 9.08. The Bertz CT molecular complexity index is 363. The van der Waals surface area contributed by atoms with E-state index in [1.165, 1.54) is 11.3 Å². The molecule has 0 saturated heterocycles. The van der Waals surface area contributed by atoms with Crippen LogP contribution in [0.3, 0.4) is 0 Å². The minimum absolute atomic E-state index is 0.144. The smallest absolute Gasteiger partial charge is 0.0641 e. The Balaban J connectivity index is 2.76. The van der Waals surface area contributed by atoms with Gasteiger partial charge in [-0.1, -0.05) is 0 Å². The lowest BCUT2D eigenvalue weighted by Gasteiger charge is -2.21. The van der Waals surface area contributed by atoms with Crippen molar-refractivity contribution in [1.29, 1.82) is 0 Å². The Morgan fingerprint density at radius 3 is 2.39 bits per heavy atom. The van der Waals surface area contributed by atoms with Crippen LogP contribution >= 0.6 is 0 Å². The number of aliphatic hydroxyl groups is 2. The predicted molar refractivity (Wildman–Crippen MR) is 71.4 cm³/mol. The van der Waals surface area contributed by atoms with Gasteiger partial charge in [0, 0.05) is 44.0 Å². The topological polar surface area (TPSA) is 61.5 Å². The first-order chi connectivity index (χ1) is 8.63. The molecular weight excluding hydrogens is 230 g/mol. The normalized spacial score (nSPS) is 11.4. The highest BCUT2D eigenvalue weighted by molar-refractivity contribution is 5.24. The van der Waals surface area contributed by atoms with Crippen LogP contribution in [-0.2, 0) is 13.1 Å². The van der Waals surface area contributed by atoms with Crippen LogP contribution < -0.4 is 0 Å². The van der Waals surface area contributed by atoms with Gasteiger partial charge in [0.2, 0.25) is 0 Å². The molecule has 0 aliphatic rings. The van der Waals surface area contributed by atoms with Crippen molar-refractivity contribution >= 4 is 0 Å². The summed E-state index contributed by atoms with van der Waals surface area (Å²) < 4.78 is 2.01.